The van der Waals surface area contributed by atoms with Crippen molar-refractivity contribution in [3.63, 3.8) is 0 Å². The maximum atomic E-state index is 14.1. The number of urea groups is 1. The van der Waals surface area contributed by atoms with Gasteiger partial charge in [0.2, 0.25) is 5.91 Å². The number of nitrogens with zero attached hydrogens (tertiary/aromatic N) is 6. The Labute approximate surface area is 311 Å². The quantitative estimate of drug-likeness (QED) is 0.123. The lowest BCUT2D eigenvalue weighted by molar-refractivity contribution is -0.149. The fourth-order valence-electron chi connectivity index (χ4n) is 6.23. The summed E-state index contributed by atoms with van der Waals surface area (Å²) < 4.78 is 12.2. The molecule has 5 aromatic rings. The fraction of sp³-hybridized carbons (Fsp3) is 0.257. The number of hydrogen-bond donors (Lipinski definition) is 5. The molecule has 19 heteroatoms. The highest BCUT2D eigenvalue weighted by atomic mass is 35.5. The van der Waals surface area contributed by atoms with E-state index in [0.717, 1.165) is 0 Å². The van der Waals surface area contributed by atoms with Gasteiger partial charge in [0.25, 0.3) is 0 Å². The van der Waals surface area contributed by atoms with Crippen molar-refractivity contribution in [1.29, 1.82) is 0 Å². The van der Waals surface area contributed by atoms with E-state index in [2.05, 4.69) is 36.5 Å². The summed E-state index contributed by atoms with van der Waals surface area (Å²) >= 11 is 6.29. The fourth-order valence-corrected chi connectivity index (χ4v) is 6.40. The number of anilines is 3. The van der Waals surface area contributed by atoms with Crippen molar-refractivity contribution in [2.75, 3.05) is 55.0 Å². The Kier molecular flexibility index (Phi) is 10.5. The van der Waals surface area contributed by atoms with Crippen LogP contribution in [0.3, 0.4) is 0 Å². The minimum absolute atomic E-state index is 0.0128. The Balaban J connectivity index is 1.11. The highest BCUT2D eigenvalue weighted by Gasteiger charge is 2.40. The number of aromatic amines is 1. The molecule has 54 heavy (non-hydrogen) atoms. The first-order valence-electron chi connectivity index (χ1n) is 16.8. The van der Waals surface area contributed by atoms with Crippen molar-refractivity contribution in [3.8, 4) is 5.69 Å². The number of nitrogens with one attached hydrogen (secondary N) is 4. The molecule has 2 saturated heterocycles. The first-order valence-corrected chi connectivity index (χ1v) is 17.2. The molecule has 0 spiro atoms. The molecule has 0 saturated carbocycles. The van der Waals surface area contributed by atoms with Crippen molar-refractivity contribution >= 4 is 69.3 Å². The van der Waals surface area contributed by atoms with Gasteiger partial charge in [-0.25, -0.2) is 9.59 Å². The third kappa shape index (κ3) is 7.99. The highest BCUT2D eigenvalue weighted by Crippen LogP contribution is 2.30. The number of tetrazole rings is 1. The second kappa shape index (κ2) is 15.7. The molecule has 18 nitrogen and oxygen atoms in total. The van der Waals surface area contributed by atoms with Crippen LogP contribution in [-0.2, 0) is 30.3 Å². The molecular weight excluding hydrogens is 724 g/mol. The van der Waals surface area contributed by atoms with Gasteiger partial charge < -0.3 is 45.3 Å². The Morgan fingerprint density at radius 1 is 0.944 bits per heavy atom. The number of rotatable bonds is 11. The zero-order valence-corrected chi connectivity index (χ0v) is 29.2. The summed E-state index contributed by atoms with van der Waals surface area (Å²) in [5, 5.41) is 29.8. The molecule has 2 unspecified atom stereocenters. The van der Waals surface area contributed by atoms with E-state index >= 15 is 0 Å². The molecule has 5 N–H and O–H groups in total. The van der Waals surface area contributed by atoms with Crippen LogP contribution >= 0.6 is 11.6 Å². The molecule has 3 aromatic carbocycles. The molecule has 278 valence electrons. The maximum absolute atomic E-state index is 14.1. The van der Waals surface area contributed by atoms with E-state index in [-0.39, 0.29) is 37.9 Å². The van der Waals surface area contributed by atoms with Crippen LogP contribution in [0.25, 0.3) is 16.6 Å². The number of carboxylic acids is 1. The minimum Gasteiger partial charge on any atom is -0.477 e. The average molecular weight is 757 g/mol. The Bertz CT molecular complexity index is 2210. The zero-order chi connectivity index (χ0) is 37.8. The molecule has 2 aromatic heterocycles. The van der Waals surface area contributed by atoms with Crippen molar-refractivity contribution in [2.45, 2.75) is 18.6 Å². The van der Waals surface area contributed by atoms with E-state index in [9.17, 15) is 29.1 Å². The number of carbonyl (C=O) groups is 5. The average Bonchev–Trinajstić information content (AvgIpc) is 3.86. The molecule has 4 heterocycles. The van der Waals surface area contributed by atoms with Crippen molar-refractivity contribution < 1.29 is 38.6 Å². The zero-order valence-electron chi connectivity index (χ0n) is 28.4. The van der Waals surface area contributed by atoms with Crippen LogP contribution in [0.4, 0.5) is 21.9 Å². The van der Waals surface area contributed by atoms with Gasteiger partial charge >= 0.3 is 23.8 Å². The molecule has 7 rings (SSSR count). The van der Waals surface area contributed by atoms with E-state index in [0.29, 0.717) is 64.1 Å². The summed E-state index contributed by atoms with van der Waals surface area (Å²) in [5.41, 5.74) is 2.74. The number of halogens is 1. The van der Waals surface area contributed by atoms with Gasteiger partial charge in [-0.15, -0.1) is 5.10 Å². The number of amides is 5. The molecule has 5 amide bonds. The van der Waals surface area contributed by atoms with Crippen molar-refractivity contribution in [3.05, 3.63) is 89.3 Å². The van der Waals surface area contributed by atoms with E-state index < -0.39 is 35.8 Å². The van der Waals surface area contributed by atoms with Crippen LogP contribution in [-0.4, -0.2) is 117 Å². The van der Waals surface area contributed by atoms with E-state index in [1.165, 1.54) is 32.9 Å². The smallest absolute Gasteiger partial charge is 0.352 e. The van der Waals surface area contributed by atoms with Crippen LogP contribution in [0.15, 0.2) is 73.1 Å². The molecule has 0 bridgehead atoms. The Morgan fingerprint density at radius 3 is 2.50 bits per heavy atom. The molecule has 2 aliphatic rings. The van der Waals surface area contributed by atoms with Gasteiger partial charge in [-0.2, -0.15) is 4.68 Å². The van der Waals surface area contributed by atoms with E-state index in [1.54, 1.807) is 54.6 Å². The standard InChI is InChI=1S/C35H33ClN10O8/c36-22-3-8-28(46-19-38-42-43-46)29(16-22)44-9-10-45(33(49)32(44)48)30(31(47)39-24-6-7-26-21(14-24)15-27(41-26)34(50)51)13-20-1-4-23(5-2-20)40-35(52)37-17-25-18-53-11-12-54-25/h1-8,14-16,19,25,30,41H,9-13,17-18H2,(H,39,47)(H,50,51)(H2,37,40,52). The number of hydrogen-bond acceptors (Lipinski definition) is 10. The number of aromatic nitrogens is 5. The predicted molar refractivity (Wildman–Crippen MR) is 194 cm³/mol. The third-order valence-electron chi connectivity index (χ3n) is 8.89. The number of benzene rings is 3. The molecule has 2 aliphatic heterocycles. The largest absolute Gasteiger partial charge is 0.477 e. The number of piperazine rings is 1. The Morgan fingerprint density at radius 2 is 1.76 bits per heavy atom. The van der Waals surface area contributed by atoms with E-state index in [1.807, 2.05) is 0 Å². The van der Waals surface area contributed by atoms with Crippen LogP contribution in [0, 0.1) is 0 Å². The predicted octanol–water partition coefficient (Wildman–Crippen LogP) is 2.46. The van der Waals surface area contributed by atoms with Gasteiger partial charge in [-0.05, 0) is 70.6 Å². The van der Waals surface area contributed by atoms with Crippen LogP contribution in [0.5, 0.6) is 0 Å². The highest BCUT2D eigenvalue weighted by molar-refractivity contribution is 6.41. The lowest BCUT2D eigenvalue weighted by atomic mass is 10.0. The summed E-state index contributed by atoms with van der Waals surface area (Å²) in [6, 6.07) is 16.2. The minimum atomic E-state index is -1.15. The number of carbonyl (C=O) groups excluding carboxylic acids is 4. The SMILES string of the molecule is O=C(NCC1COCCO1)Nc1ccc(CC(C(=O)Nc2ccc3[nH]c(C(=O)O)cc3c2)N2CCN(c3cc(Cl)ccc3-n3cnnn3)C(=O)C2=O)cc1. The van der Waals surface area contributed by atoms with Crippen LogP contribution in [0.1, 0.15) is 16.1 Å². The topological polar surface area (TPSA) is 226 Å². The summed E-state index contributed by atoms with van der Waals surface area (Å²) in [4.78, 5) is 71.1. The second-order valence-electron chi connectivity index (χ2n) is 12.4. The normalized spacial score (nSPS) is 16.6. The molecule has 0 radical (unpaired) electrons. The lowest BCUT2D eigenvalue weighted by Gasteiger charge is -2.38. The van der Waals surface area contributed by atoms with E-state index in [4.69, 9.17) is 21.1 Å². The first kappa shape index (κ1) is 36.0. The first-order chi connectivity index (χ1) is 26.1. The lowest BCUT2D eigenvalue weighted by Crippen LogP contribution is -2.60. The summed E-state index contributed by atoms with van der Waals surface area (Å²) in [6.45, 7) is 1.65. The molecule has 0 aliphatic carbocycles. The summed E-state index contributed by atoms with van der Waals surface area (Å²) in [6.07, 6.45) is 1.12. The molecule has 2 fully saturated rings. The van der Waals surface area contributed by atoms with Gasteiger partial charge in [0.05, 0.1) is 37.3 Å². The molecule has 2 atom stereocenters. The van der Waals surface area contributed by atoms with Gasteiger partial charge in [-0.1, -0.05) is 23.7 Å². The second-order valence-corrected chi connectivity index (χ2v) is 12.9. The van der Waals surface area contributed by atoms with Crippen LogP contribution in [0.2, 0.25) is 5.02 Å². The van der Waals surface area contributed by atoms with Crippen molar-refractivity contribution in [2.24, 2.45) is 0 Å². The number of ether oxygens (including phenoxy) is 2. The van der Waals surface area contributed by atoms with Gasteiger partial charge in [-0.3, -0.25) is 14.4 Å². The number of aromatic carboxylic acids is 1. The number of H-pyrrole nitrogens is 1. The number of carboxylic acid groups (broad SMARTS) is 1. The van der Waals surface area contributed by atoms with Crippen LogP contribution < -0.4 is 20.9 Å². The third-order valence-corrected chi connectivity index (χ3v) is 9.13. The summed E-state index contributed by atoms with van der Waals surface area (Å²) in [5.74, 6) is -3.52. The Hall–Kier alpha value is -6.37. The molecular formula is C35H33ClN10O8. The van der Waals surface area contributed by atoms with Crippen molar-refractivity contribution in [1.82, 2.24) is 35.4 Å². The summed E-state index contributed by atoms with van der Waals surface area (Å²) in [7, 11) is 0. The van der Waals surface area contributed by atoms with Gasteiger partial charge in [0.1, 0.15) is 18.1 Å². The van der Waals surface area contributed by atoms with Gasteiger partial charge in [0.15, 0.2) is 0 Å². The number of fused-ring (bicyclic) bond motifs is 1. The van der Waals surface area contributed by atoms with Gasteiger partial charge in [0, 0.05) is 53.4 Å². The monoisotopic (exact) mass is 756 g/mol. The maximum Gasteiger partial charge on any atom is 0.352 e.